The van der Waals surface area contributed by atoms with Gasteiger partial charge in [0.25, 0.3) is 0 Å². The van der Waals surface area contributed by atoms with Crippen LogP contribution in [0.3, 0.4) is 0 Å². The van der Waals surface area contributed by atoms with Crippen molar-refractivity contribution in [2.45, 2.75) is 25.3 Å². The zero-order valence-corrected chi connectivity index (χ0v) is 15.1. The summed E-state index contributed by atoms with van der Waals surface area (Å²) in [6, 6.07) is 12.2. The number of nitriles is 1. The molecule has 0 saturated heterocycles. The second-order valence-corrected chi connectivity index (χ2v) is 7.31. The van der Waals surface area contributed by atoms with Gasteiger partial charge in [-0.15, -0.1) is 0 Å². The van der Waals surface area contributed by atoms with E-state index < -0.39 is 0 Å². The van der Waals surface area contributed by atoms with Crippen molar-refractivity contribution in [1.29, 1.82) is 5.26 Å². The Morgan fingerprint density at radius 1 is 1.40 bits per heavy atom. The summed E-state index contributed by atoms with van der Waals surface area (Å²) in [7, 11) is 0. The van der Waals surface area contributed by atoms with Gasteiger partial charge in [-0.2, -0.15) is 17.0 Å². The third-order valence-electron chi connectivity index (χ3n) is 4.58. The third-order valence-corrected chi connectivity index (χ3v) is 5.14. The van der Waals surface area contributed by atoms with Crippen molar-refractivity contribution in [2.75, 3.05) is 23.9 Å². The number of rotatable bonds is 6. The van der Waals surface area contributed by atoms with E-state index in [2.05, 4.69) is 21.7 Å². The number of nitrogens with zero attached hydrogens (tertiary/aromatic N) is 2. The van der Waals surface area contributed by atoms with Crippen LogP contribution in [0.1, 0.15) is 24.8 Å². The number of aromatic nitrogens is 1. The molecule has 6 heteroatoms. The molecule has 1 heterocycles. The van der Waals surface area contributed by atoms with Crippen LogP contribution >= 0.6 is 11.8 Å². The first kappa shape index (κ1) is 17.6. The zero-order chi connectivity index (χ0) is 17.6. The summed E-state index contributed by atoms with van der Waals surface area (Å²) >= 11 is 1.54. The molecule has 0 aliphatic heterocycles. The Balaban J connectivity index is 1.60. The maximum atomic E-state index is 11.7. The van der Waals surface area contributed by atoms with Crippen LogP contribution in [-0.4, -0.2) is 35.5 Å². The molecular formula is C19H22N4OS. The van der Waals surface area contributed by atoms with Crippen molar-refractivity contribution in [3.05, 3.63) is 35.9 Å². The molecule has 1 fully saturated rings. The topological polar surface area (TPSA) is 77.8 Å². The van der Waals surface area contributed by atoms with Gasteiger partial charge in [-0.1, -0.05) is 18.2 Å². The molecule has 1 amide bonds. The van der Waals surface area contributed by atoms with Crippen LogP contribution in [0.25, 0.3) is 10.9 Å². The van der Waals surface area contributed by atoms with E-state index in [1.54, 1.807) is 11.8 Å². The standard InChI is InChI=1S/C19H22N4OS/c1-25-12-18(24)22-16-7-6-13(8-16)11-21-19-15(10-20)9-14-4-2-3-5-17(14)23-19/h2-5,9,13,16H,6-8,11-12H2,1H3,(H,21,23)(H,22,24). The Morgan fingerprint density at radius 2 is 2.24 bits per heavy atom. The van der Waals surface area contributed by atoms with Gasteiger partial charge in [-0.3, -0.25) is 4.79 Å². The molecule has 3 rings (SSSR count). The van der Waals surface area contributed by atoms with Gasteiger partial charge >= 0.3 is 0 Å². The van der Waals surface area contributed by atoms with Crippen LogP contribution in [0.15, 0.2) is 30.3 Å². The fourth-order valence-corrected chi connectivity index (χ4v) is 3.71. The summed E-state index contributed by atoms with van der Waals surface area (Å²) in [6.45, 7) is 0.773. The van der Waals surface area contributed by atoms with Crippen molar-refractivity contribution in [2.24, 2.45) is 5.92 Å². The van der Waals surface area contributed by atoms with Gasteiger partial charge in [0.05, 0.1) is 16.8 Å². The highest BCUT2D eigenvalue weighted by Gasteiger charge is 2.25. The first-order valence-corrected chi connectivity index (χ1v) is 9.91. The molecule has 2 unspecified atom stereocenters. The van der Waals surface area contributed by atoms with Gasteiger partial charge in [0.2, 0.25) is 5.91 Å². The molecule has 25 heavy (non-hydrogen) atoms. The monoisotopic (exact) mass is 354 g/mol. The van der Waals surface area contributed by atoms with E-state index in [0.29, 0.717) is 23.1 Å². The SMILES string of the molecule is CSCC(=O)NC1CCC(CNc2nc3ccccc3cc2C#N)C1. The molecule has 1 aromatic heterocycles. The van der Waals surface area contributed by atoms with Gasteiger partial charge in [0, 0.05) is 18.0 Å². The molecule has 5 nitrogen and oxygen atoms in total. The lowest BCUT2D eigenvalue weighted by atomic mass is 10.1. The summed E-state index contributed by atoms with van der Waals surface area (Å²) in [6.07, 6.45) is 5.00. The number of carbonyl (C=O) groups excluding carboxylic acids is 1. The van der Waals surface area contributed by atoms with Crippen LogP contribution < -0.4 is 10.6 Å². The van der Waals surface area contributed by atoms with Gasteiger partial charge in [-0.25, -0.2) is 4.98 Å². The quantitative estimate of drug-likeness (QED) is 0.833. The lowest BCUT2D eigenvalue weighted by Gasteiger charge is -2.15. The number of para-hydroxylation sites is 1. The highest BCUT2D eigenvalue weighted by atomic mass is 32.2. The lowest BCUT2D eigenvalue weighted by molar-refractivity contribution is -0.119. The minimum atomic E-state index is 0.120. The molecule has 0 bridgehead atoms. The van der Waals surface area contributed by atoms with Crippen molar-refractivity contribution in [3.63, 3.8) is 0 Å². The minimum absolute atomic E-state index is 0.120. The fourth-order valence-electron chi connectivity index (χ4n) is 3.37. The smallest absolute Gasteiger partial charge is 0.230 e. The molecule has 130 valence electrons. The van der Waals surface area contributed by atoms with Crippen molar-refractivity contribution < 1.29 is 4.79 Å². The van der Waals surface area contributed by atoms with E-state index in [0.717, 1.165) is 36.7 Å². The average Bonchev–Trinajstić information content (AvgIpc) is 3.06. The highest BCUT2D eigenvalue weighted by Crippen LogP contribution is 2.27. The van der Waals surface area contributed by atoms with Gasteiger partial charge in [0.15, 0.2) is 0 Å². The Kier molecular flexibility index (Phi) is 5.77. The molecule has 0 spiro atoms. The number of carbonyl (C=O) groups is 1. The van der Waals surface area contributed by atoms with Crippen molar-refractivity contribution in [3.8, 4) is 6.07 Å². The predicted octanol–water partition coefficient (Wildman–Crippen LogP) is 3.17. The second-order valence-electron chi connectivity index (χ2n) is 6.45. The van der Waals surface area contributed by atoms with E-state index in [4.69, 9.17) is 0 Å². The van der Waals surface area contributed by atoms with Crippen molar-refractivity contribution in [1.82, 2.24) is 10.3 Å². The molecule has 2 N–H and O–H groups in total. The molecule has 0 radical (unpaired) electrons. The maximum absolute atomic E-state index is 11.7. The number of hydrogen-bond donors (Lipinski definition) is 2. The van der Waals surface area contributed by atoms with E-state index in [1.807, 2.05) is 36.6 Å². The summed E-state index contributed by atoms with van der Waals surface area (Å²) in [5.41, 5.74) is 1.46. The maximum Gasteiger partial charge on any atom is 0.230 e. The number of nitrogens with one attached hydrogen (secondary N) is 2. The van der Waals surface area contributed by atoms with Gasteiger partial charge < -0.3 is 10.6 Å². The molecule has 2 aromatic rings. The van der Waals surface area contributed by atoms with E-state index in [9.17, 15) is 10.1 Å². The first-order chi connectivity index (χ1) is 12.2. The molecule has 2 atom stereocenters. The molecule has 1 aromatic carbocycles. The second kappa shape index (κ2) is 8.21. The lowest BCUT2D eigenvalue weighted by Crippen LogP contribution is -2.34. The number of fused-ring (bicyclic) bond motifs is 1. The Hall–Kier alpha value is -2.26. The molecular weight excluding hydrogens is 332 g/mol. The normalized spacial score (nSPS) is 19.5. The van der Waals surface area contributed by atoms with Crippen molar-refractivity contribution >= 4 is 34.4 Å². The number of pyridine rings is 1. The first-order valence-electron chi connectivity index (χ1n) is 8.51. The molecule has 1 saturated carbocycles. The van der Waals surface area contributed by atoms with E-state index in [-0.39, 0.29) is 11.9 Å². The van der Waals surface area contributed by atoms with E-state index in [1.165, 1.54) is 0 Å². The highest BCUT2D eigenvalue weighted by molar-refractivity contribution is 7.99. The van der Waals surface area contributed by atoms with Crippen LogP contribution in [0, 0.1) is 17.2 Å². The summed E-state index contributed by atoms with van der Waals surface area (Å²) in [5, 5.41) is 16.8. The third kappa shape index (κ3) is 4.43. The number of benzene rings is 1. The summed E-state index contributed by atoms with van der Waals surface area (Å²) in [5.74, 6) is 1.77. The average molecular weight is 354 g/mol. The van der Waals surface area contributed by atoms with Crippen LogP contribution in [0.4, 0.5) is 5.82 Å². The Bertz CT molecular complexity index is 802. The Labute approximate surface area is 152 Å². The molecule has 1 aliphatic carbocycles. The number of thioether (sulfide) groups is 1. The van der Waals surface area contributed by atoms with Gasteiger partial charge in [0.1, 0.15) is 11.9 Å². The fraction of sp³-hybridized carbons (Fsp3) is 0.421. The van der Waals surface area contributed by atoms with Crippen LogP contribution in [0.2, 0.25) is 0 Å². The predicted molar refractivity (Wildman–Crippen MR) is 103 cm³/mol. The van der Waals surface area contributed by atoms with E-state index >= 15 is 0 Å². The number of anilines is 1. The number of hydrogen-bond acceptors (Lipinski definition) is 5. The van der Waals surface area contributed by atoms with Crippen LogP contribution in [-0.2, 0) is 4.79 Å². The Morgan fingerprint density at radius 3 is 3.04 bits per heavy atom. The summed E-state index contributed by atoms with van der Waals surface area (Å²) < 4.78 is 0. The molecule has 1 aliphatic rings. The zero-order valence-electron chi connectivity index (χ0n) is 14.3. The van der Waals surface area contributed by atoms with Gasteiger partial charge in [-0.05, 0) is 43.6 Å². The largest absolute Gasteiger partial charge is 0.369 e. The van der Waals surface area contributed by atoms with Crippen LogP contribution in [0.5, 0.6) is 0 Å². The minimum Gasteiger partial charge on any atom is -0.369 e. The summed E-state index contributed by atoms with van der Waals surface area (Å²) in [4.78, 5) is 16.3. The number of amides is 1.